The van der Waals surface area contributed by atoms with Crippen LogP contribution in [0.4, 0.5) is 5.82 Å². The highest BCUT2D eigenvalue weighted by atomic mass is 16.4. The van der Waals surface area contributed by atoms with Gasteiger partial charge >= 0.3 is 5.97 Å². The molecule has 0 aromatic carbocycles. The second-order valence-corrected chi connectivity index (χ2v) is 2.38. The molecule has 0 amide bonds. The summed E-state index contributed by atoms with van der Waals surface area (Å²) < 4.78 is 5.82. The molecule has 8 nitrogen and oxygen atoms in total. The van der Waals surface area contributed by atoms with Gasteiger partial charge in [0, 0.05) is 0 Å². The van der Waals surface area contributed by atoms with E-state index in [0.717, 1.165) is 11.1 Å². The van der Waals surface area contributed by atoms with Crippen LogP contribution in [0.1, 0.15) is 10.5 Å². The molecule has 3 N–H and O–H groups in total. The summed E-state index contributed by atoms with van der Waals surface area (Å²) in [4.78, 5) is 14.4. The van der Waals surface area contributed by atoms with Crippen molar-refractivity contribution in [2.24, 2.45) is 0 Å². The number of carbonyl (C=O) groups is 1. The third-order valence-corrected chi connectivity index (χ3v) is 1.53. The van der Waals surface area contributed by atoms with E-state index in [1.54, 1.807) is 0 Å². The van der Waals surface area contributed by atoms with Crippen molar-refractivity contribution in [3.63, 3.8) is 0 Å². The molecule has 2 aromatic rings. The van der Waals surface area contributed by atoms with Crippen molar-refractivity contribution in [2.45, 2.75) is 0 Å². The van der Waals surface area contributed by atoms with Gasteiger partial charge in [-0.05, 0) is 0 Å². The Morgan fingerprint density at radius 2 is 2.43 bits per heavy atom. The zero-order chi connectivity index (χ0) is 10.1. The Labute approximate surface area is 77.0 Å². The number of carboxylic acids is 1. The molecule has 8 heteroatoms. The Bertz CT molecular complexity index is 460. The van der Waals surface area contributed by atoms with Crippen molar-refractivity contribution in [1.82, 2.24) is 20.0 Å². The number of anilines is 1. The summed E-state index contributed by atoms with van der Waals surface area (Å²) in [5, 5.41) is 15.7. The number of carboxylic acid groups (broad SMARTS) is 1. The minimum Gasteiger partial charge on any atom is -0.476 e. The molecule has 0 saturated heterocycles. The maximum Gasteiger partial charge on any atom is 0.358 e. The number of nitrogens with two attached hydrogens (primary N) is 1. The quantitative estimate of drug-likeness (QED) is 0.664. The second kappa shape index (κ2) is 2.83. The van der Waals surface area contributed by atoms with Gasteiger partial charge in [-0.1, -0.05) is 5.21 Å². The summed E-state index contributed by atoms with van der Waals surface area (Å²) in [5.41, 5.74) is 5.06. The van der Waals surface area contributed by atoms with Gasteiger partial charge in [0.25, 0.3) is 0 Å². The summed E-state index contributed by atoms with van der Waals surface area (Å²) in [6, 6.07) is 0. The molecule has 0 bridgehead atoms. The molecule has 0 atom stereocenters. The minimum atomic E-state index is -1.23. The van der Waals surface area contributed by atoms with Crippen molar-refractivity contribution in [3.8, 4) is 5.88 Å². The predicted molar refractivity (Wildman–Crippen MR) is 42.8 cm³/mol. The number of oxazole rings is 1. The largest absolute Gasteiger partial charge is 0.476 e. The average molecular weight is 195 g/mol. The maximum atomic E-state index is 10.8. The number of hydrogen-bond acceptors (Lipinski definition) is 6. The lowest BCUT2D eigenvalue weighted by atomic mass is 10.4. The molecular weight excluding hydrogens is 190 g/mol. The maximum absolute atomic E-state index is 10.8. The van der Waals surface area contributed by atoms with Crippen LogP contribution < -0.4 is 5.73 Å². The number of aromatic carboxylic acids is 1. The first kappa shape index (κ1) is 8.23. The van der Waals surface area contributed by atoms with E-state index < -0.39 is 5.97 Å². The minimum absolute atomic E-state index is 0.145. The number of aromatic nitrogens is 4. The van der Waals surface area contributed by atoms with Crippen LogP contribution in [0.3, 0.4) is 0 Å². The van der Waals surface area contributed by atoms with E-state index in [2.05, 4.69) is 15.3 Å². The summed E-state index contributed by atoms with van der Waals surface area (Å²) in [5.74, 6) is -1.26. The number of nitrogens with zero attached hydrogens (tertiary/aromatic N) is 4. The van der Waals surface area contributed by atoms with Gasteiger partial charge in [0.1, 0.15) is 0 Å². The van der Waals surface area contributed by atoms with E-state index >= 15 is 0 Å². The molecule has 2 heterocycles. The van der Waals surface area contributed by atoms with Gasteiger partial charge in [0.05, 0.1) is 6.20 Å². The molecule has 0 aliphatic rings. The molecule has 72 valence electrons. The van der Waals surface area contributed by atoms with Gasteiger partial charge in [0.2, 0.25) is 5.88 Å². The Morgan fingerprint density at radius 1 is 1.64 bits per heavy atom. The van der Waals surface area contributed by atoms with Gasteiger partial charge < -0.3 is 15.3 Å². The predicted octanol–water partition coefficient (Wildman–Crippen LogP) is -0.464. The Morgan fingerprint density at radius 3 is 3.00 bits per heavy atom. The molecule has 14 heavy (non-hydrogen) atoms. The van der Waals surface area contributed by atoms with Crippen LogP contribution in [0.25, 0.3) is 5.88 Å². The number of nitrogen functional groups attached to an aromatic ring is 1. The fourth-order valence-corrected chi connectivity index (χ4v) is 0.962. The third-order valence-electron chi connectivity index (χ3n) is 1.53. The summed E-state index contributed by atoms with van der Waals surface area (Å²) in [6.45, 7) is 0. The Hall–Kier alpha value is -2.38. The normalized spacial score (nSPS) is 10.3. The van der Waals surface area contributed by atoms with Crippen molar-refractivity contribution in [2.75, 3.05) is 5.73 Å². The van der Waals surface area contributed by atoms with Crippen molar-refractivity contribution in [3.05, 3.63) is 18.3 Å². The highest BCUT2D eigenvalue weighted by molar-refractivity contribution is 5.90. The van der Waals surface area contributed by atoms with Crippen LogP contribution in [-0.2, 0) is 0 Å². The topological polar surface area (TPSA) is 120 Å². The molecule has 0 saturated carbocycles. The third kappa shape index (κ3) is 1.09. The van der Waals surface area contributed by atoms with Crippen LogP contribution in [0.5, 0.6) is 0 Å². The summed E-state index contributed by atoms with van der Waals surface area (Å²) in [7, 11) is 0. The fraction of sp³-hybridized carbons (Fsp3) is 0. The second-order valence-electron chi connectivity index (χ2n) is 2.38. The lowest BCUT2D eigenvalue weighted by Gasteiger charge is -1.96. The van der Waals surface area contributed by atoms with Gasteiger partial charge in [-0.25, -0.2) is 9.78 Å². The van der Waals surface area contributed by atoms with E-state index in [1.165, 1.54) is 6.20 Å². The first-order chi connectivity index (χ1) is 6.70. The Kier molecular flexibility index (Phi) is 1.67. The van der Waals surface area contributed by atoms with Gasteiger partial charge in [-0.3, -0.25) is 0 Å². The average Bonchev–Trinajstić information content (AvgIpc) is 2.70. The first-order valence-corrected chi connectivity index (χ1v) is 3.53. The van der Waals surface area contributed by atoms with E-state index in [0.29, 0.717) is 0 Å². The van der Waals surface area contributed by atoms with Gasteiger partial charge in [0.15, 0.2) is 17.9 Å². The van der Waals surface area contributed by atoms with Crippen LogP contribution in [0, 0.1) is 0 Å². The van der Waals surface area contributed by atoms with Crippen LogP contribution in [0.2, 0.25) is 0 Å². The first-order valence-electron chi connectivity index (χ1n) is 3.53. The van der Waals surface area contributed by atoms with Gasteiger partial charge in [-0.2, -0.15) is 4.68 Å². The van der Waals surface area contributed by atoms with Crippen molar-refractivity contribution < 1.29 is 14.3 Å². The molecule has 0 radical (unpaired) electrons. The SMILES string of the molecule is Nc1nnn(-c2cnco2)c1C(=O)O. The molecule has 0 spiro atoms. The molecular formula is C6H5N5O3. The zero-order valence-electron chi connectivity index (χ0n) is 6.78. The monoisotopic (exact) mass is 195 g/mol. The molecule has 0 aliphatic heterocycles. The zero-order valence-corrected chi connectivity index (χ0v) is 6.78. The van der Waals surface area contributed by atoms with Crippen LogP contribution >= 0.6 is 0 Å². The van der Waals surface area contributed by atoms with Crippen LogP contribution in [-0.4, -0.2) is 31.1 Å². The molecule has 0 fully saturated rings. The molecule has 0 aliphatic carbocycles. The van der Waals surface area contributed by atoms with Crippen molar-refractivity contribution in [1.29, 1.82) is 0 Å². The Balaban J connectivity index is 2.60. The van der Waals surface area contributed by atoms with E-state index in [-0.39, 0.29) is 17.4 Å². The van der Waals surface area contributed by atoms with E-state index in [4.69, 9.17) is 15.3 Å². The van der Waals surface area contributed by atoms with Gasteiger partial charge in [-0.15, -0.1) is 5.10 Å². The smallest absolute Gasteiger partial charge is 0.358 e. The number of rotatable bonds is 2. The lowest BCUT2D eigenvalue weighted by Crippen LogP contribution is -2.09. The molecule has 0 unspecified atom stereocenters. The van der Waals surface area contributed by atoms with Crippen LogP contribution in [0.15, 0.2) is 17.0 Å². The van der Waals surface area contributed by atoms with E-state index in [1.807, 2.05) is 0 Å². The highest BCUT2D eigenvalue weighted by Gasteiger charge is 2.20. The highest BCUT2D eigenvalue weighted by Crippen LogP contribution is 2.13. The number of hydrogen-bond donors (Lipinski definition) is 2. The summed E-state index contributed by atoms with van der Waals surface area (Å²) in [6.07, 6.45) is 2.46. The fourth-order valence-electron chi connectivity index (χ4n) is 0.962. The lowest BCUT2D eigenvalue weighted by molar-refractivity contribution is 0.0687. The summed E-state index contributed by atoms with van der Waals surface area (Å²) >= 11 is 0. The van der Waals surface area contributed by atoms with Crippen molar-refractivity contribution >= 4 is 11.8 Å². The molecule has 2 aromatic heterocycles. The standard InChI is InChI=1S/C6H5N5O3/c7-5-4(6(12)13)11(10-9-5)3-1-8-2-14-3/h1-2H,7H2,(H,12,13). The van der Waals surface area contributed by atoms with E-state index in [9.17, 15) is 4.79 Å². The molecule has 2 rings (SSSR count).